The molecule has 0 radical (unpaired) electrons. The maximum Gasteiger partial charge on any atom is 0.196 e. The Morgan fingerprint density at radius 1 is 1.23 bits per heavy atom. The number of pyridine rings is 1. The van der Waals surface area contributed by atoms with Crippen molar-refractivity contribution in [1.82, 2.24) is 19.6 Å². The number of benzene rings is 1. The van der Waals surface area contributed by atoms with E-state index in [1.54, 1.807) is 35.1 Å². The third-order valence-electron chi connectivity index (χ3n) is 3.61. The van der Waals surface area contributed by atoms with E-state index in [0.29, 0.717) is 21.4 Å². The van der Waals surface area contributed by atoms with Crippen LogP contribution in [-0.2, 0) is 5.75 Å². The van der Waals surface area contributed by atoms with Crippen LogP contribution in [0.3, 0.4) is 0 Å². The van der Waals surface area contributed by atoms with E-state index in [4.69, 9.17) is 32.9 Å². The number of fused-ring (bicyclic) bond motifs is 1. The van der Waals surface area contributed by atoms with E-state index in [0.717, 1.165) is 27.2 Å². The summed E-state index contributed by atoms with van der Waals surface area (Å²) in [6.07, 6.45) is 1.76. The fourth-order valence-corrected chi connectivity index (χ4v) is 4.63. The minimum Gasteiger partial charge on any atom is -0.497 e. The van der Waals surface area contributed by atoms with Crippen LogP contribution < -0.4 is 4.74 Å². The highest BCUT2D eigenvalue weighted by Gasteiger charge is 2.12. The molecule has 5 nitrogen and oxygen atoms in total. The first-order valence-corrected chi connectivity index (χ1v) is 10.2. The summed E-state index contributed by atoms with van der Waals surface area (Å²) < 4.78 is 7.07. The van der Waals surface area contributed by atoms with Gasteiger partial charge in [-0.05, 0) is 18.2 Å². The lowest BCUT2D eigenvalue weighted by Gasteiger charge is -2.01. The van der Waals surface area contributed by atoms with Crippen LogP contribution in [0, 0.1) is 0 Å². The molecule has 0 spiro atoms. The lowest BCUT2D eigenvalue weighted by molar-refractivity contribution is 0.415. The maximum atomic E-state index is 6.15. The highest BCUT2D eigenvalue weighted by Crippen LogP contribution is 2.30. The quantitative estimate of drug-likeness (QED) is 0.399. The fraction of sp³-hybridized carbons (Fsp3) is 0.118. The lowest BCUT2D eigenvalue weighted by atomic mass is 10.2. The van der Waals surface area contributed by atoms with Gasteiger partial charge in [0.2, 0.25) is 0 Å². The van der Waals surface area contributed by atoms with E-state index >= 15 is 0 Å². The Morgan fingerprint density at radius 3 is 2.96 bits per heavy atom. The highest BCUT2D eigenvalue weighted by atomic mass is 35.5. The minimum atomic E-state index is 0.478. The van der Waals surface area contributed by atoms with Crippen molar-refractivity contribution in [3.05, 3.63) is 57.6 Å². The van der Waals surface area contributed by atoms with Crippen LogP contribution in [0.5, 0.6) is 5.75 Å². The molecule has 4 rings (SSSR count). The van der Waals surface area contributed by atoms with Gasteiger partial charge in [-0.1, -0.05) is 47.1 Å². The van der Waals surface area contributed by atoms with Gasteiger partial charge >= 0.3 is 0 Å². The van der Waals surface area contributed by atoms with E-state index in [-0.39, 0.29) is 0 Å². The summed E-state index contributed by atoms with van der Waals surface area (Å²) in [5, 5.41) is 13.0. The molecule has 4 aromatic rings. The molecule has 1 aromatic carbocycles. The third kappa shape index (κ3) is 3.53. The van der Waals surface area contributed by atoms with Crippen molar-refractivity contribution >= 4 is 51.9 Å². The first kappa shape index (κ1) is 17.6. The number of halogens is 2. The van der Waals surface area contributed by atoms with Crippen LogP contribution in [-0.4, -0.2) is 26.7 Å². The van der Waals surface area contributed by atoms with Gasteiger partial charge in [0.15, 0.2) is 10.8 Å². The minimum absolute atomic E-state index is 0.478. The summed E-state index contributed by atoms with van der Waals surface area (Å²) in [4.78, 5) is 4.70. The number of ether oxygens (including phenoxy) is 1. The van der Waals surface area contributed by atoms with Crippen molar-refractivity contribution in [2.24, 2.45) is 0 Å². The first-order valence-electron chi connectivity index (χ1n) is 7.55. The second kappa shape index (κ2) is 7.44. The van der Waals surface area contributed by atoms with Crippen molar-refractivity contribution in [1.29, 1.82) is 0 Å². The van der Waals surface area contributed by atoms with Gasteiger partial charge in [0.1, 0.15) is 10.8 Å². The topological polar surface area (TPSA) is 52.3 Å². The zero-order chi connectivity index (χ0) is 18.1. The van der Waals surface area contributed by atoms with Crippen LogP contribution >= 0.6 is 46.3 Å². The number of methoxy groups -OCH3 is 1. The molecule has 3 aromatic heterocycles. The van der Waals surface area contributed by atoms with Crippen LogP contribution in [0.15, 0.2) is 47.1 Å². The number of thiazole rings is 1. The zero-order valence-electron chi connectivity index (χ0n) is 13.5. The predicted molar refractivity (Wildman–Crippen MR) is 107 cm³/mol. The van der Waals surface area contributed by atoms with Gasteiger partial charge in [0.05, 0.1) is 22.8 Å². The normalized spacial score (nSPS) is 11.2. The second-order valence-electron chi connectivity index (χ2n) is 5.35. The molecule has 0 saturated carbocycles. The first-order chi connectivity index (χ1) is 12.6. The number of aromatic nitrogens is 4. The molecule has 0 aliphatic rings. The van der Waals surface area contributed by atoms with E-state index in [1.165, 1.54) is 11.8 Å². The molecule has 9 heteroatoms. The third-order valence-corrected chi connectivity index (χ3v) is 6.01. The van der Waals surface area contributed by atoms with Gasteiger partial charge in [-0.15, -0.1) is 21.5 Å². The number of nitrogens with zero attached hydrogens (tertiary/aromatic N) is 4. The molecule has 3 heterocycles. The van der Waals surface area contributed by atoms with Crippen molar-refractivity contribution < 1.29 is 4.74 Å². The standard InChI is InChI=1S/C17H12Cl2N4OS2/c1-24-13-4-2-3-10(5-13)16-20-12(8-25-16)9-26-17-22-21-15-14(19)6-11(18)7-23(15)17/h2-8H,9H2,1H3. The van der Waals surface area contributed by atoms with Crippen LogP contribution in [0.25, 0.3) is 16.2 Å². The van der Waals surface area contributed by atoms with Gasteiger partial charge in [-0.25, -0.2) is 4.98 Å². The molecule has 132 valence electrons. The Morgan fingerprint density at radius 2 is 2.12 bits per heavy atom. The number of hydrogen-bond donors (Lipinski definition) is 0. The molecular formula is C17H12Cl2N4OS2. The molecule has 0 unspecified atom stereocenters. The van der Waals surface area contributed by atoms with E-state index in [9.17, 15) is 0 Å². The number of hydrogen-bond acceptors (Lipinski definition) is 6. The number of rotatable bonds is 5. The van der Waals surface area contributed by atoms with Crippen molar-refractivity contribution in [3.8, 4) is 16.3 Å². The van der Waals surface area contributed by atoms with Crippen LogP contribution in [0.1, 0.15) is 5.69 Å². The van der Waals surface area contributed by atoms with Gasteiger partial charge in [0, 0.05) is 22.9 Å². The maximum absolute atomic E-state index is 6.15. The molecule has 0 amide bonds. The predicted octanol–water partition coefficient (Wildman–Crippen LogP) is 5.46. The van der Waals surface area contributed by atoms with Crippen molar-refractivity contribution in [2.45, 2.75) is 10.9 Å². The molecule has 0 atom stereocenters. The molecule has 0 fully saturated rings. The van der Waals surface area contributed by atoms with E-state index in [1.807, 2.05) is 29.6 Å². The summed E-state index contributed by atoms with van der Waals surface area (Å²) in [7, 11) is 1.66. The van der Waals surface area contributed by atoms with Crippen molar-refractivity contribution in [3.63, 3.8) is 0 Å². The molecule has 0 N–H and O–H groups in total. The largest absolute Gasteiger partial charge is 0.497 e. The Balaban J connectivity index is 1.53. The Labute approximate surface area is 168 Å². The zero-order valence-corrected chi connectivity index (χ0v) is 16.7. The van der Waals surface area contributed by atoms with Gasteiger partial charge in [-0.3, -0.25) is 4.40 Å². The molecule has 26 heavy (non-hydrogen) atoms. The fourth-order valence-electron chi connectivity index (χ4n) is 2.40. The summed E-state index contributed by atoms with van der Waals surface area (Å²) >= 11 is 15.4. The van der Waals surface area contributed by atoms with Gasteiger partial charge in [-0.2, -0.15) is 0 Å². The smallest absolute Gasteiger partial charge is 0.196 e. The Kier molecular flexibility index (Phi) is 5.04. The summed E-state index contributed by atoms with van der Waals surface area (Å²) in [6.45, 7) is 0. The molecular weight excluding hydrogens is 411 g/mol. The monoisotopic (exact) mass is 422 g/mol. The van der Waals surface area contributed by atoms with Crippen molar-refractivity contribution in [2.75, 3.05) is 7.11 Å². The van der Waals surface area contributed by atoms with Crippen LogP contribution in [0.2, 0.25) is 10.0 Å². The highest BCUT2D eigenvalue weighted by molar-refractivity contribution is 7.98. The summed E-state index contributed by atoms with van der Waals surface area (Å²) in [6, 6.07) is 9.53. The molecule has 0 bridgehead atoms. The average Bonchev–Trinajstić information content (AvgIpc) is 3.27. The average molecular weight is 423 g/mol. The van der Waals surface area contributed by atoms with Crippen LogP contribution in [0.4, 0.5) is 0 Å². The number of thioether (sulfide) groups is 1. The van der Waals surface area contributed by atoms with E-state index in [2.05, 4.69) is 10.2 Å². The van der Waals surface area contributed by atoms with Gasteiger partial charge < -0.3 is 4.74 Å². The Bertz CT molecular complexity index is 1080. The molecule has 0 saturated heterocycles. The SMILES string of the molecule is COc1cccc(-c2nc(CSc3nnc4c(Cl)cc(Cl)cn34)cs2)c1. The van der Waals surface area contributed by atoms with Gasteiger partial charge in [0.25, 0.3) is 0 Å². The second-order valence-corrected chi connectivity index (χ2v) is 7.99. The molecule has 0 aliphatic heterocycles. The Hall–Kier alpha value is -1.80. The lowest BCUT2D eigenvalue weighted by Crippen LogP contribution is -1.89. The molecule has 0 aliphatic carbocycles. The summed E-state index contributed by atoms with van der Waals surface area (Å²) in [5.41, 5.74) is 2.61. The van der Waals surface area contributed by atoms with E-state index < -0.39 is 0 Å². The summed E-state index contributed by atoms with van der Waals surface area (Å²) in [5.74, 6) is 1.49.